The van der Waals surface area contributed by atoms with Crippen molar-refractivity contribution in [3.05, 3.63) is 0 Å². The van der Waals surface area contributed by atoms with Gasteiger partial charge < -0.3 is 0 Å². The Morgan fingerprint density at radius 1 is 0.600 bits per heavy atom. The van der Waals surface area contributed by atoms with E-state index in [1.54, 1.807) is 0 Å². The van der Waals surface area contributed by atoms with Gasteiger partial charge in [0.2, 0.25) is 0 Å². The van der Waals surface area contributed by atoms with Crippen LogP contribution in [0.1, 0.15) is 54.4 Å². The van der Waals surface area contributed by atoms with Crippen LogP contribution in [-0.4, -0.2) is 70.5 Å². The molecule has 0 aliphatic heterocycles. The zero-order valence-corrected chi connectivity index (χ0v) is 22.0. The molecular formula is C20H44P2S3. The van der Waals surface area contributed by atoms with Gasteiger partial charge in [0, 0.05) is 10.5 Å². The molecule has 0 aliphatic rings. The molecule has 0 bridgehead atoms. The molecule has 0 radical (unpaired) electrons. The van der Waals surface area contributed by atoms with Crippen molar-refractivity contribution < 1.29 is 0 Å². The van der Waals surface area contributed by atoms with Crippen molar-refractivity contribution in [2.45, 2.75) is 64.9 Å². The Bertz CT molecular complexity index is 246. The van der Waals surface area contributed by atoms with E-state index in [4.69, 9.17) is 0 Å². The Hall–Kier alpha value is 1.91. The highest BCUT2D eigenvalue weighted by atomic mass is 32.2. The van der Waals surface area contributed by atoms with Crippen molar-refractivity contribution in [1.82, 2.24) is 0 Å². The topological polar surface area (TPSA) is 0 Å². The molecule has 0 rings (SSSR count). The first kappa shape index (κ1) is 26.9. The van der Waals surface area contributed by atoms with E-state index in [1.165, 1.54) is 72.8 Å². The van der Waals surface area contributed by atoms with Crippen molar-refractivity contribution in [1.29, 1.82) is 0 Å². The van der Waals surface area contributed by atoms with E-state index in [-0.39, 0.29) is 15.8 Å². The van der Waals surface area contributed by atoms with Gasteiger partial charge in [0.05, 0.1) is 0 Å². The standard InChI is InChI=1S/C20H44P2S3/c1-7-21(8-2)17-19(13-15-23-11-5)25-20(14-16-24-12-6)18-22(9-3)10-4/h19-20H,7-18H2,1-6H3. The van der Waals surface area contributed by atoms with Gasteiger partial charge in [-0.1, -0.05) is 41.5 Å². The quantitative estimate of drug-likeness (QED) is 0.157. The van der Waals surface area contributed by atoms with Crippen LogP contribution in [0.3, 0.4) is 0 Å². The first-order valence-corrected chi connectivity index (χ1v) is 17.4. The van der Waals surface area contributed by atoms with E-state index in [0.717, 1.165) is 10.5 Å². The van der Waals surface area contributed by atoms with Gasteiger partial charge in [-0.15, -0.1) is 15.8 Å². The van der Waals surface area contributed by atoms with Crippen LogP contribution in [-0.2, 0) is 0 Å². The molecule has 0 nitrogen and oxygen atoms in total. The van der Waals surface area contributed by atoms with Gasteiger partial charge in [-0.05, 0) is 72.8 Å². The molecule has 0 N–H and O–H groups in total. The second-order valence-electron chi connectivity index (χ2n) is 6.32. The lowest BCUT2D eigenvalue weighted by Crippen LogP contribution is -2.20. The highest BCUT2D eigenvalue weighted by Gasteiger charge is 2.21. The van der Waals surface area contributed by atoms with Crippen LogP contribution in [0.15, 0.2) is 0 Å². The largest absolute Gasteiger partial charge is 0.162 e. The van der Waals surface area contributed by atoms with Crippen molar-refractivity contribution in [3.63, 3.8) is 0 Å². The lowest BCUT2D eigenvalue weighted by atomic mass is 10.3. The van der Waals surface area contributed by atoms with Crippen LogP contribution >= 0.6 is 51.1 Å². The smallest absolute Gasteiger partial charge is 0.00970 e. The van der Waals surface area contributed by atoms with Gasteiger partial charge in [-0.25, -0.2) is 0 Å². The third kappa shape index (κ3) is 14.5. The minimum atomic E-state index is 0.279. The first-order chi connectivity index (χ1) is 12.1. The van der Waals surface area contributed by atoms with Crippen molar-refractivity contribution in [3.8, 4) is 0 Å². The Balaban J connectivity index is 4.78. The Morgan fingerprint density at radius 2 is 0.960 bits per heavy atom. The fourth-order valence-electron chi connectivity index (χ4n) is 2.93. The zero-order valence-electron chi connectivity index (χ0n) is 17.8. The molecule has 0 fully saturated rings. The molecule has 0 spiro atoms. The molecule has 0 aromatic heterocycles. The normalized spacial score (nSPS) is 14.4. The summed E-state index contributed by atoms with van der Waals surface area (Å²) in [4.78, 5) is 0. The third-order valence-corrected chi connectivity index (χ3v) is 14.1. The van der Waals surface area contributed by atoms with Crippen LogP contribution in [0.2, 0.25) is 0 Å². The minimum absolute atomic E-state index is 0.279. The van der Waals surface area contributed by atoms with Crippen LogP contribution in [0, 0.1) is 0 Å². The summed E-state index contributed by atoms with van der Waals surface area (Å²) in [6, 6.07) is 0. The summed E-state index contributed by atoms with van der Waals surface area (Å²) in [5, 5.41) is 1.85. The maximum Gasteiger partial charge on any atom is 0.00970 e. The molecule has 152 valence electrons. The molecule has 0 amide bonds. The van der Waals surface area contributed by atoms with Gasteiger partial charge in [0.25, 0.3) is 0 Å². The summed E-state index contributed by atoms with van der Waals surface area (Å²) in [6.07, 6.45) is 11.6. The number of rotatable bonds is 18. The van der Waals surface area contributed by atoms with Gasteiger partial charge in [0.15, 0.2) is 0 Å². The average Bonchev–Trinajstić information content (AvgIpc) is 2.63. The third-order valence-electron chi connectivity index (χ3n) is 4.67. The molecular weight excluding hydrogens is 398 g/mol. The van der Waals surface area contributed by atoms with Gasteiger partial charge in [0.1, 0.15) is 0 Å². The summed E-state index contributed by atoms with van der Waals surface area (Å²) in [5.41, 5.74) is 0. The van der Waals surface area contributed by atoms with E-state index in [9.17, 15) is 0 Å². The molecule has 0 aromatic carbocycles. The molecule has 5 heteroatoms. The SMILES string of the molecule is CCSCCC(CP(CC)CC)SC(CCSCC)CP(CC)CC. The second-order valence-corrected chi connectivity index (χ2v) is 16.7. The molecule has 2 atom stereocenters. The average molecular weight is 443 g/mol. The van der Waals surface area contributed by atoms with E-state index in [0.29, 0.717) is 0 Å². The number of thioether (sulfide) groups is 3. The Labute approximate surface area is 175 Å². The monoisotopic (exact) mass is 442 g/mol. The summed E-state index contributed by atoms with van der Waals surface area (Å²) in [7, 11) is 0.559. The summed E-state index contributed by atoms with van der Waals surface area (Å²) in [6.45, 7) is 14.3. The molecule has 0 heterocycles. The fourth-order valence-corrected chi connectivity index (χ4v) is 11.2. The van der Waals surface area contributed by atoms with E-state index in [1.807, 2.05) is 0 Å². The molecule has 0 aliphatic carbocycles. The second kappa shape index (κ2) is 19.2. The van der Waals surface area contributed by atoms with Crippen LogP contribution in [0.5, 0.6) is 0 Å². The Kier molecular flexibility index (Phi) is 20.7. The summed E-state index contributed by atoms with van der Waals surface area (Å²) >= 11 is 6.70. The van der Waals surface area contributed by atoms with Crippen LogP contribution in [0.4, 0.5) is 0 Å². The predicted octanol–water partition coefficient (Wildman–Crippen LogP) is 7.79. The first-order valence-electron chi connectivity index (χ1n) is 10.4. The van der Waals surface area contributed by atoms with Crippen molar-refractivity contribution >= 4 is 51.1 Å². The molecule has 25 heavy (non-hydrogen) atoms. The number of hydrogen-bond donors (Lipinski definition) is 0. The van der Waals surface area contributed by atoms with Gasteiger partial charge >= 0.3 is 0 Å². The molecule has 2 unspecified atom stereocenters. The van der Waals surface area contributed by atoms with Gasteiger partial charge in [-0.2, -0.15) is 35.3 Å². The fraction of sp³-hybridized carbons (Fsp3) is 1.00. The van der Waals surface area contributed by atoms with E-state index in [2.05, 4.69) is 76.8 Å². The van der Waals surface area contributed by atoms with Crippen molar-refractivity contribution in [2.75, 3.05) is 60.0 Å². The van der Waals surface area contributed by atoms with Crippen molar-refractivity contribution in [2.24, 2.45) is 0 Å². The van der Waals surface area contributed by atoms with Crippen LogP contribution < -0.4 is 0 Å². The highest BCUT2D eigenvalue weighted by molar-refractivity contribution is 8.01. The lowest BCUT2D eigenvalue weighted by Gasteiger charge is -2.29. The Morgan fingerprint density at radius 3 is 1.24 bits per heavy atom. The number of hydrogen-bond acceptors (Lipinski definition) is 3. The molecule has 0 saturated heterocycles. The summed E-state index contributed by atoms with van der Waals surface area (Å²) < 4.78 is 0. The molecule has 0 saturated carbocycles. The highest BCUT2D eigenvalue weighted by Crippen LogP contribution is 2.44. The van der Waals surface area contributed by atoms with Gasteiger partial charge in [-0.3, -0.25) is 0 Å². The minimum Gasteiger partial charge on any atom is -0.162 e. The predicted molar refractivity (Wildman–Crippen MR) is 136 cm³/mol. The molecule has 0 aromatic rings. The maximum atomic E-state index is 2.42. The van der Waals surface area contributed by atoms with Crippen LogP contribution in [0.25, 0.3) is 0 Å². The van der Waals surface area contributed by atoms with E-state index < -0.39 is 0 Å². The zero-order chi connectivity index (χ0) is 18.9. The lowest BCUT2D eigenvalue weighted by molar-refractivity contribution is 0.874. The maximum absolute atomic E-state index is 2.42. The van der Waals surface area contributed by atoms with E-state index >= 15 is 0 Å². The summed E-state index contributed by atoms with van der Waals surface area (Å²) in [5.74, 6) is 5.30.